The fraction of sp³-hybridized carbons (Fsp3) is 0.500. The third kappa shape index (κ3) is 2.37. The van der Waals surface area contributed by atoms with Crippen LogP contribution in [0, 0.1) is 5.82 Å². The molecule has 0 radical (unpaired) electrons. The molecular formula is C12H16ClFN2. The average Bonchev–Trinajstić information content (AvgIpc) is 2.30. The van der Waals surface area contributed by atoms with Gasteiger partial charge in [-0.2, -0.15) is 0 Å². The maximum atomic E-state index is 13.7. The predicted molar refractivity (Wildman–Crippen MR) is 64.3 cm³/mol. The highest BCUT2D eigenvalue weighted by Crippen LogP contribution is 2.29. The van der Waals surface area contributed by atoms with Crippen LogP contribution >= 0.6 is 11.6 Å². The molecule has 0 spiro atoms. The Hall–Kier alpha value is -0.640. The van der Waals surface area contributed by atoms with Crippen molar-refractivity contribution in [2.45, 2.75) is 13.0 Å². The Bertz CT molecular complexity index is 344. The maximum Gasteiger partial charge on any atom is 0.129 e. The van der Waals surface area contributed by atoms with Crippen molar-refractivity contribution in [2.24, 2.45) is 0 Å². The number of benzene rings is 1. The van der Waals surface area contributed by atoms with Crippen LogP contribution in [0.15, 0.2) is 18.2 Å². The zero-order valence-electron chi connectivity index (χ0n) is 9.34. The van der Waals surface area contributed by atoms with Gasteiger partial charge in [0.1, 0.15) is 5.82 Å². The molecular weight excluding hydrogens is 227 g/mol. The van der Waals surface area contributed by atoms with Gasteiger partial charge in [-0.25, -0.2) is 4.39 Å². The molecule has 4 heteroatoms. The van der Waals surface area contributed by atoms with E-state index in [0.717, 1.165) is 26.2 Å². The lowest BCUT2D eigenvalue weighted by Gasteiger charge is -2.33. The van der Waals surface area contributed by atoms with Crippen molar-refractivity contribution >= 4 is 11.6 Å². The molecule has 1 saturated heterocycles. The molecule has 1 atom stereocenters. The first-order valence-electron chi connectivity index (χ1n) is 5.59. The summed E-state index contributed by atoms with van der Waals surface area (Å²) in [5.41, 5.74) is 0.617. The normalized spacial score (nSPS) is 19.7. The average molecular weight is 243 g/mol. The van der Waals surface area contributed by atoms with Crippen molar-refractivity contribution in [1.29, 1.82) is 0 Å². The predicted octanol–water partition coefficient (Wildman–Crippen LogP) is 2.45. The molecule has 1 aromatic rings. The first kappa shape index (κ1) is 11.8. The Kier molecular flexibility index (Phi) is 3.79. The van der Waals surface area contributed by atoms with Gasteiger partial charge in [-0.05, 0) is 19.1 Å². The molecule has 1 aromatic carbocycles. The summed E-state index contributed by atoms with van der Waals surface area (Å²) in [6.07, 6.45) is 0. The van der Waals surface area contributed by atoms with Crippen LogP contribution < -0.4 is 5.32 Å². The van der Waals surface area contributed by atoms with Crippen LogP contribution in [-0.4, -0.2) is 31.1 Å². The molecule has 0 aromatic heterocycles. The van der Waals surface area contributed by atoms with E-state index in [0.29, 0.717) is 10.6 Å². The second-order valence-corrected chi connectivity index (χ2v) is 4.50. The summed E-state index contributed by atoms with van der Waals surface area (Å²) in [6.45, 7) is 5.79. The Morgan fingerprint density at radius 2 is 2.06 bits per heavy atom. The summed E-state index contributed by atoms with van der Waals surface area (Å²) in [5, 5.41) is 3.80. The van der Waals surface area contributed by atoms with E-state index >= 15 is 0 Å². The van der Waals surface area contributed by atoms with Crippen LogP contribution in [0.2, 0.25) is 5.02 Å². The first-order valence-corrected chi connectivity index (χ1v) is 5.96. The highest BCUT2D eigenvalue weighted by Gasteiger charge is 2.22. The van der Waals surface area contributed by atoms with Crippen molar-refractivity contribution in [3.8, 4) is 0 Å². The summed E-state index contributed by atoms with van der Waals surface area (Å²) in [7, 11) is 0. The number of nitrogens with zero attached hydrogens (tertiary/aromatic N) is 1. The van der Waals surface area contributed by atoms with Crippen molar-refractivity contribution in [3.05, 3.63) is 34.6 Å². The van der Waals surface area contributed by atoms with Crippen molar-refractivity contribution in [1.82, 2.24) is 10.2 Å². The van der Waals surface area contributed by atoms with Gasteiger partial charge in [0, 0.05) is 42.8 Å². The van der Waals surface area contributed by atoms with Crippen LogP contribution in [0.5, 0.6) is 0 Å². The zero-order chi connectivity index (χ0) is 11.5. The Labute approximate surface area is 100 Å². The molecule has 1 heterocycles. The highest BCUT2D eigenvalue weighted by molar-refractivity contribution is 6.31. The van der Waals surface area contributed by atoms with Gasteiger partial charge in [0.15, 0.2) is 0 Å². The van der Waals surface area contributed by atoms with Crippen molar-refractivity contribution in [2.75, 3.05) is 26.2 Å². The largest absolute Gasteiger partial charge is 0.314 e. The lowest BCUT2D eigenvalue weighted by Crippen LogP contribution is -2.44. The SMILES string of the molecule is C[C@@H](c1c(F)cccc1Cl)N1CCNCC1. The molecule has 0 amide bonds. The summed E-state index contributed by atoms with van der Waals surface area (Å²) in [5.74, 6) is -0.210. The van der Waals surface area contributed by atoms with E-state index in [2.05, 4.69) is 10.2 Å². The summed E-state index contributed by atoms with van der Waals surface area (Å²) in [4.78, 5) is 2.25. The van der Waals surface area contributed by atoms with Crippen LogP contribution in [0.4, 0.5) is 4.39 Å². The fourth-order valence-corrected chi connectivity index (χ4v) is 2.48. The van der Waals surface area contributed by atoms with Gasteiger partial charge >= 0.3 is 0 Å². The molecule has 2 nitrogen and oxygen atoms in total. The molecule has 0 saturated carbocycles. The Morgan fingerprint density at radius 1 is 1.38 bits per heavy atom. The van der Waals surface area contributed by atoms with Gasteiger partial charge in [0.05, 0.1) is 0 Å². The van der Waals surface area contributed by atoms with Crippen LogP contribution in [0.1, 0.15) is 18.5 Å². The third-order valence-corrected chi connectivity index (χ3v) is 3.45. The van der Waals surface area contributed by atoms with Gasteiger partial charge in [-0.1, -0.05) is 17.7 Å². The molecule has 0 unspecified atom stereocenters. The molecule has 88 valence electrons. The van der Waals surface area contributed by atoms with Gasteiger partial charge in [0.25, 0.3) is 0 Å². The van der Waals surface area contributed by atoms with Crippen molar-refractivity contribution in [3.63, 3.8) is 0 Å². The lowest BCUT2D eigenvalue weighted by molar-refractivity contribution is 0.182. The van der Waals surface area contributed by atoms with Gasteiger partial charge in [0.2, 0.25) is 0 Å². The molecule has 16 heavy (non-hydrogen) atoms. The van der Waals surface area contributed by atoms with Crippen LogP contribution in [0.25, 0.3) is 0 Å². The standard InChI is InChI=1S/C12H16ClFN2/c1-9(16-7-5-15-6-8-16)12-10(13)3-2-4-11(12)14/h2-4,9,15H,5-8H2,1H3/t9-/m0/s1. The van der Waals surface area contributed by atoms with E-state index < -0.39 is 0 Å². The smallest absolute Gasteiger partial charge is 0.129 e. The maximum absolute atomic E-state index is 13.7. The molecule has 1 N–H and O–H groups in total. The Balaban J connectivity index is 2.22. The quantitative estimate of drug-likeness (QED) is 0.857. The minimum absolute atomic E-state index is 0.0378. The minimum atomic E-state index is -0.210. The highest BCUT2D eigenvalue weighted by atomic mass is 35.5. The molecule has 0 bridgehead atoms. The second-order valence-electron chi connectivity index (χ2n) is 4.10. The third-order valence-electron chi connectivity index (χ3n) is 3.12. The number of hydrogen-bond donors (Lipinski definition) is 1. The van der Waals surface area contributed by atoms with E-state index in [-0.39, 0.29) is 11.9 Å². The van der Waals surface area contributed by atoms with E-state index in [9.17, 15) is 4.39 Å². The van der Waals surface area contributed by atoms with Gasteiger partial charge < -0.3 is 5.32 Å². The number of hydrogen-bond acceptors (Lipinski definition) is 2. The fourth-order valence-electron chi connectivity index (χ4n) is 2.16. The van der Waals surface area contributed by atoms with Gasteiger partial charge in [-0.3, -0.25) is 4.90 Å². The summed E-state index contributed by atoms with van der Waals surface area (Å²) >= 11 is 6.06. The monoisotopic (exact) mass is 242 g/mol. The zero-order valence-corrected chi connectivity index (χ0v) is 10.1. The number of rotatable bonds is 2. The van der Waals surface area contributed by atoms with Gasteiger partial charge in [-0.15, -0.1) is 0 Å². The number of nitrogens with one attached hydrogen (secondary N) is 1. The molecule has 1 fully saturated rings. The second kappa shape index (κ2) is 5.13. The molecule has 1 aliphatic rings. The van der Waals surface area contributed by atoms with Crippen LogP contribution in [0.3, 0.4) is 0 Å². The van der Waals surface area contributed by atoms with E-state index in [1.54, 1.807) is 12.1 Å². The summed E-state index contributed by atoms with van der Waals surface area (Å²) in [6, 6.07) is 4.90. The van der Waals surface area contributed by atoms with Crippen molar-refractivity contribution < 1.29 is 4.39 Å². The number of halogens is 2. The number of piperazine rings is 1. The summed E-state index contributed by atoms with van der Waals surface area (Å²) < 4.78 is 13.7. The van der Waals surface area contributed by atoms with E-state index in [4.69, 9.17) is 11.6 Å². The lowest BCUT2D eigenvalue weighted by atomic mass is 10.1. The molecule has 1 aliphatic heterocycles. The topological polar surface area (TPSA) is 15.3 Å². The van der Waals surface area contributed by atoms with Crippen LogP contribution in [-0.2, 0) is 0 Å². The van der Waals surface area contributed by atoms with E-state index in [1.807, 2.05) is 6.92 Å². The van der Waals surface area contributed by atoms with E-state index in [1.165, 1.54) is 6.07 Å². The first-order chi connectivity index (χ1) is 7.70. The Morgan fingerprint density at radius 3 is 2.69 bits per heavy atom. The molecule has 2 rings (SSSR count). The minimum Gasteiger partial charge on any atom is -0.314 e. The molecule has 0 aliphatic carbocycles.